The molecular formula is C52H76N2O5. The molecule has 324 valence electrons. The number of aryl methyl sites for hydroxylation is 4. The van der Waals surface area contributed by atoms with Crippen molar-refractivity contribution >= 4 is 0 Å². The molecule has 0 bridgehead atoms. The van der Waals surface area contributed by atoms with Crippen LogP contribution in [0.3, 0.4) is 0 Å². The summed E-state index contributed by atoms with van der Waals surface area (Å²) in [5, 5.41) is 25.5. The molecule has 0 spiro atoms. The largest absolute Gasteiger partial charge is 0.351 e. The summed E-state index contributed by atoms with van der Waals surface area (Å²) in [6.07, 6.45) is 39.9. The molecule has 4 atom stereocenters. The number of benzene rings is 2. The lowest BCUT2D eigenvalue weighted by Gasteiger charge is -2.37. The van der Waals surface area contributed by atoms with Gasteiger partial charge in [-0.3, -0.25) is 20.2 Å². The third-order valence-corrected chi connectivity index (χ3v) is 13.0. The van der Waals surface area contributed by atoms with Gasteiger partial charge in [-0.15, -0.1) is 0 Å². The van der Waals surface area contributed by atoms with Crippen molar-refractivity contribution in [3.05, 3.63) is 140 Å². The number of ether oxygens (including phenoxy) is 1. The zero-order valence-electron chi connectivity index (χ0n) is 36.7. The number of hydrogen-bond acceptors (Lipinski definition) is 5. The van der Waals surface area contributed by atoms with E-state index in [9.17, 15) is 20.2 Å². The number of unbranched alkanes of at least 4 members (excludes halogenated alkanes) is 18. The average Bonchev–Trinajstić information content (AvgIpc) is 3.25. The zero-order valence-corrected chi connectivity index (χ0v) is 36.7. The van der Waals surface area contributed by atoms with Gasteiger partial charge in [0.25, 0.3) is 11.1 Å². The molecule has 0 N–H and O–H groups in total. The lowest BCUT2D eigenvalue weighted by Crippen LogP contribution is -2.55. The Bertz CT molecular complexity index is 1490. The SMILES string of the molecule is CCc1ccc(CCCCCCCCCCCCC2([N+](=O)[O-])C=CC=CC2OC2C=CC=CC2(CCCCCCCCCCCCc2ccc(CC)cc2)[N+](=O)[O-])cc1. The van der Waals surface area contributed by atoms with E-state index in [1.54, 1.807) is 48.6 Å². The summed E-state index contributed by atoms with van der Waals surface area (Å²) < 4.78 is 6.50. The first-order chi connectivity index (χ1) is 28.8. The molecule has 0 saturated heterocycles. The fourth-order valence-corrected chi connectivity index (χ4v) is 8.93. The van der Waals surface area contributed by atoms with Crippen LogP contribution in [0.25, 0.3) is 0 Å². The maximum Gasteiger partial charge on any atom is 0.269 e. The Morgan fingerprint density at radius 3 is 1.03 bits per heavy atom. The quantitative estimate of drug-likeness (QED) is 0.0417. The molecule has 7 nitrogen and oxygen atoms in total. The van der Waals surface area contributed by atoms with Gasteiger partial charge in [0.2, 0.25) is 0 Å². The van der Waals surface area contributed by atoms with E-state index in [0.29, 0.717) is 25.7 Å². The van der Waals surface area contributed by atoms with Gasteiger partial charge in [-0.25, -0.2) is 0 Å². The van der Waals surface area contributed by atoms with Gasteiger partial charge in [-0.1, -0.05) is 189 Å². The van der Waals surface area contributed by atoms with Gasteiger partial charge in [0.1, 0.15) is 0 Å². The maximum atomic E-state index is 12.8. The standard InChI is InChI=1S/C52H76N2O5/c1-3-45-33-37-47(38-34-45)29-21-17-13-9-5-7-11-15-19-25-41-51(53(55)56)43-27-23-31-49(51)59-50-32-24-28-44-52(50,54(57)58)42-26-20-16-12-8-6-10-14-18-22-30-48-39-35-46(4-2)36-40-48/h23-24,27-28,31-40,43-44,49-50H,3-22,25-26,29-30,41-42H2,1-2H3. The molecule has 2 aromatic carbocycles. The molecule has 0 radical (unpaired) electrons. The van der Waals surface area contributed by atoms with Gasteiger partial charge in [-0.05, 0) is 97.9 Å². The second-order valence-corrected chi connectivity index (χ2v) is 17.4. The minimum atomic E-state index is -1.44. The Morgan fingerprint density at radius 2 is 0.729 bits per heavy atom. The van der Waals surface area contributed by atoms with Crippen LogP contribution in [0, 0.1) is 20.2 Å². The third kappa shape index (κ3) is 15.9. The van der Waals surface area contributed by atoms with Crippen LogP contribution in [0.2, 0.25) is 0 Å². The van der Waals surface area contributed by atoms with Gasteiger partial charge >= 0.3 is 0 Å². The molecule has 0 saturated carbocycles. The Hall–Kier alpha value is -3.84. The van der Waals surface area contributed by atoms with E-state index in [2.05, 4.69) is 62.4 Å². The molecule has 7 heteroatoms. The van der Waals surface area contributed by atoms with Crippen LogP contribution in [-0.4, -0.2) is 33.1 Å². The van der Waals surface area contributed by atoms with Gasteiger partial charge in [0, 0.05) is 22.7 Å². The third-order valence-electron chi connectivity index (χ3n) is 13.0. The number of nitrogens with zero attached hydrogens (tertiary/aromatic N) is 2. The molecule has 0 heterocycles. The Labute approximate surface area is 357 Å². The lowest BCUT2D eigenvalue weighted by molar-refractivity contribution is -0.582. The average molecular weight is 809 g/mol. The van der Waals surface area contributed by atoms with Crippen LogP contribution in [-0.2, 0) is 30.4 Å². The smallest absolute Gasteiger partial charge is 0.269 e. The molecule has 0 aromatic heterocycles. The highest BCUT2D eigenvalue weighted by molar-refractivity contribution is 5.27. The van der Waals surface area contributed by atoms with Crippen molar-refractivity contribution in [2.24, 2.45) is 0 Å². The maximum absolute atomic E-state index is 12.8. The van der Waals surface area contributed by atoms with Crippen molar-refractivity contribution in [2.75, 3.05) is 0 Å². The van der Waals surface area contributed by atoms with Crippen LogP contribution in [0.15, 0.2) is 97.1 Å². The second kappa shape index (κ2) is 27.1. The molecule has 0 amide bonds. The van der Waals surface area contributed by atoms with Crippen molar-refractivity contribution in [2.45, 2.75) is 204 Å². The van der Waals surface area contributed by atoms with Crippen LogP contribution in [0.4, 0.5) is 0 Å². The summed E-state index contributed by atoms with van der Waals surface area (Å²) in [6, 6.07) is 18.1. The fraction of sp³-hybridized carbons (Fsp3) is 0.615. The zero-order chi connectivity index (χ0) is 42.0. The highest BCUT2D eigenvalue weighted by Gasteiger charge is 2.54. The molecule has 4 unspecified atom stereocenters. The molecule has 2 aromatic rings. The molecule has 59 heavy (non-hydrogen) atoms. The number of nitro groups is 2. The Morgan fingerprint density at radius 1 is 0.441 bits per heavy atom. The minimum absolute atomic E-state index is 0.222. The van der Waals surface area contributed by atoms with E-state index in [0.717, 1.165) is 64.2 Å². The van der Waals surface area contributed by atoms with E-state index in [4.69, 9.17) is 4.74 Å². The number of hydrogen-bond donors (Lipinski definition) is 0. The topological polar surface area (TPSA) is 95.5 Å². The Kier molecular flexibility index (Phi) is 22.0. The van der Waals surface area contributed by atoms with Crippen molar-refractivity contribution < 1.29 is 14.6 Å². The molecule has 0 fully saturated rings. The van der Waals surface area contributed by atoms with Gasteiger partial charge in [0.15, 0.2) is 12.2 Å². The summed E-state index contributed by atoms with van der Waals surface area (Å²) in [5.74, 6) is 0. The molecule has 4 rings (SSSR count). The fourth-order valence-electron chi connectivity index (χ4n) is 8.93. The predicted octanol–water partition coefficient (Wildman–Crippen LogP) is 14.2. The summed E-state index contributed by atoms with van der Waals surface area (Å²) in [6.45, 7) is 4.39. The summed E-state index contributed by atoms with van der Waals surface area (Å²) in [4.78, 5) is 25.1. The van der Waals surface area contributed by atoms with Crippen molar-refractivity contribution in [1.29, 1.82) is 0 Å². The first-order valence-corrected chi connectivity index (χ1v) is 23.6. The van der Waals surface area contributed by atoms with E-state index < -0.39 is 23.3 Å². The second-order valence-electron chi connectivity index (χ2n) is 17.4. The number of allylic oxidation sites excluding steroid dienone is 4. The lowest BCUT2D eigenvalue weighted by atomic mass is 9.81. The first-order valence-electron chi connectivity index (χ1n) is 23.6. The highest BCUT2D eigenvalue weighted by atomic mass is 16.6. The molecule has 2 aliphatic rings. The normalized spacial score (nSPS) is 21.0. The van der Waals surface area contributed by atoms with Gasteiger partial charge in [-0.2, -0.15) is 0 Å². The van der Waals surface area contributed by atoms with E-state index in [-0.39, 0.29) is 9.85 Å². The summed E-state index contributed by atoms with van der Waals surface area (Å²) >= 11 is 0. The predicted molar refractivity (Wildman–Crippen MR) is 245 cm³/mol. The molecule has 0 aliphatic heterocycles. The van der Waals surface area contributed by atoms with Crippen molar-refractivity contribution in [1.82, 2.24) is 0 Å². The van der Waals surface area contributed by atoms with Gasteiger partial charge in [0.05, 0.1) is 0 Å². The van der Waals surface area contributed by atoms with Crippen LogP contribution >= 0.6 is 0 Å². The number of rotatable bonds is 32. The molecular weight excluding hydrogens is 733 g/mol. The molecule has 2 aliphatic carbocycles. The minimum Gasteiger partial charge on any atom is -0.351 e. The van der Waals surface area contributed by atoms with E-state index in [1.807, 2.05) is 0 Å². The Balaban J connectivity index is 1.11. The van der Waals surface area contributed by atoms with E-state index in [1.165, 1.54) is 99.3 Å². The highest BCUT2D eigenvalue weighted by Crippen LogP contribution is 2.37. The monoisotopic (exact) mass is 809 g/mol. The first kappa shape index (κ1) is 47.8. The van der Waals surface area contributed by atoms with Crippen LogP contribution in [0.1, 0.15) is 177 Å². The van der Waals surface area contributed by atoms with Crippen molar-refractivity contribution in [3.8, 4) is 0 Å². The van der Waals surface area contributed by atoms with Crippen molar-refractivity contribution in [3.63, 3.8) is 0 Å². The van der Waals surface area contributed by atoms with Gasteiger partial charge < -0.3 is 4.74 Å². The van der Waals surface area contributed by atoms with E-state index >= 15 is 0 Å². The summed E-state index contributed by atoms with van der Waals surface area (Å²) in [5.41, 5.74) is 2.80. The van der Waals surface area contributed by atoms with Crippen LogP contribution < -0.4 is 0 Å². The summed E-state index contributed by atoms with van der Waals surface area (Å²) in [7, 11) is 0. The van der Waals surface area contributed by atoms with Crippen LogP contribution in [0.5, 0.6) is 0 Å².